The van der Waals surface area contributed by atoms with Gasteiger partial charge in [0.2, 0.25) is 0 Å². The van der Waals surface area contributed by atoms with Gasteiger partial charge in [-0.05, 0) is 6.07 Å². The second kappa shape index (κ2) is 5.96. The standard InChI is InChI=1S/C11H10F5NO2/c1-19-8(18)5-17-10(11(14,15)16)6-3-2-4-7(12)9(6)13/h2-4,10,17H,5H2,1H3. The van der Waals surface area contributed by atoms with Gasteiger partial charge < -0.3 is 4.74 Å². The van der Waals surface area contributed by atoms with Gasteiger partial charge in [0.1, 0.15) is 6.04 Å². The molecule has 1 N–H and O–H groups in total. The van der Waals surface area contributed by atoms with Crippen LogP contribution in [0.3, 0.4) is 0 Å². The van der Waals surface area contributed by atoms with E-state index in [1.165, 1.54) is 0 Å². The number of methoxy groups -OCH3 is 1. The Morgan fingerprint density at radius 2 is 2.00 bits per heavy atom. The van der Waals surface area contributed by atoms with Crippen LogP contribution in [-0.2, 0) is 9.53 Å². The summed E-state index contributed by atoms with van der Waals surface area (Å²) in [5, 5.41) is 1.79. The van der Waals surface area contributed by atoms with Gasteiger partial charge in [-0.1, -0.05) is 12.1 Å². The summed E-state index contributed by atoms with van der Waals surface area (Å²) in [5.74, 6) is -3.96. The van der Waals surface area contributed by atoms with Crippen molar-refractivity contribution in [1.29, 1.82) is 0 Å². The zero-order valence-electron chi connectivity index (χ0n) is 9.72. The molecule has 0 aliphatic rings. The van der Waals surface area contributed by atoms with E-state index in [9.17, 15) is 26.7 Å². The van der Waals surface area contributed by atoms with Crippen LogP contribution in [0, 0.1) is 11.6 Å². The summed E-state index contributed by atoms with van der Waals surface area (Å²) >= 11 is 0. The van der Waals surface area contributed by atoms with Crippen molar-refractivity contribution >= 4 is 5.97 Å². The fraction of sp³-hybridized carbons (Fsp3) is 0.364. The fourth-order valence-electron chi connectivity index (χ4n) is 1.40. The summed E-state index contributed by atoms with van der Waals surface area (Å²) in [4.78, 5) is 10.8. The van der Waals surface area contributed by atoms with Crippen LogP contribution in [0.25, 0.3) is 0 Å². The molecule has 1 aromatic carbocycles. The summed E-state index contributed by atoms with van der Waals surface area (Å²) < 4.78 is 68.8. The van der Waals surface area contributed by atoms with Gasteiger partial charge in [0, 0.05) is 5.56 Å². The maximum Gasteiger partial charge on any atom is 0.408 e. The summed E-state index contributed by atoms with van der Waals surface area (Å²) in [6.07, 6.45) is -4.89. The number of esters is 1. The maximum atomic E-state index is 13.4. The first kappa shape index (κ1) is 15.4. The molecule has 0 fully saturated rings. The molecule has 1 unspecified atom stereocenters. The third-order valence-corrected chi connectivity index (χ3v) is 2.30. The molecule has 0 amide bonds. The first-order valence-electron chi connectivity index (χ1n) is 5.08. The molecule has 1 atom stereocenters. The second-order valence-electron chi connectivity index (χ2n) is 3.57. The maximum absolute atomic E-state index is 13.4. The van der Waals surface area contributed by atoms with Crippen molar-refractivity contribution in [3.8, 4) is 0 Å². The van der Waals surface area contributed by atoms with Gasteiger partial charge >= 0.3 is 12.1 Å². The number of alkyl halides is 3. The molecule has 0 radical (unpaired) electrons. The highest BCUT2D eigenvalue weighted by Gasteiger charge is 2.42. The van der Waals surface area contributed by atoms with Gasteiger partial charge in [-0.3, -0.25) is 10.1 Å². The summed E-state index contributed by atoms with van der Waals surface area (Å²) in [6, 6.07) is -0.0537. The summed E-state index contributed by atoms with van der Waals surface area (Å²) in [6.45, 7) is -0.781. The van der Waals surface area contributed by atoms with Crippen molar-refractivity contribution in [3.63, 3.8) is 0 Å². The number of hydrogen-bond donors (Lipinski definition) is 1. The number of ether oxygens (including phenoxy) is 1. The molecule has 0 spiro atoms. The summed E-state index contributed by atoms with van der Waals surface area (Å²) in [7, 11) is 0.995. The minimum atomic E-state index is -4.89. The Balaban J connectivity index is 3.04. The molecule has 0 aromatic heterocycles. The molecule has 19 heavy (non-hydrogen) atoms. The zero-order chi connectivity index (χ0) is 14.6. The van der Waals surface area contributed by atoms with Crippen LogP contribution in [0.5, 0.6) is 0 Å². The van der Waals surface area contributed by atoms with E-state index >= 15 is 0 Å². The molecule has 8 heteroatoms. The number of halogens is 5. The lowest BCUT2D eigenvalue weighted by atomic mass is 10.1. The minimum Gasteiger partial charge on any atom is -0.468 e. The molecule has 1 aromatic rings. The monoisotopic (exact) mass is 283 g/mol. The molecule has 1 rings (SSSR count). The van der Waals surface area contributed by atoms with Gasteiger partial charge in [-0.2, -0.15) is 13.2 Å². The van der Waals surface area contributed by atoms with E-state index in [4.69, 9.17) is 0 Å². The molecule has 0 bridgehead atoms. The van der Waals surface area contributed by atoms with Crippen molar-refractivity contribution in [2.75, 3.05) is 13.7 Å². The van der Waals surface area contributed by atoms with Crippen molar-refractivity contribution in [1.82, 2.24) is 5.32 Å². The van der Waals surface area contributed by atoms with Crippen molar-refractivity contribution < 1.29 is 31.5 Å². The lowest BCUT2D eigenvalue weighted by molar-refractivity contribution is -0.160. The third-order valence-electron chi connectivity index (χ3n) is 2.30. The zero-order valence-corrected chi connectivity index (χ0v) is 9.72. The predicted molar refractivity (Wildman–Crippen MR) is 55.2 cm³/mol. The van der Waals surface area contributed by atoms with E-state index in [1.807, 2.05) is 0 Å². The van der Waals surface area contributed by atoms with Gasteiger partial charge in [-0.15, -0.1) is 0 Å². The van der Waals surface area contributed by atoms with E-state index in [1.54, 1.807) is 5.32 Å². The first-order chi connectivity index (χ1) is 8.77. The lowest BCUT2D eigenvalue weighted by Gasteiger charge is -2.22. The quantitative estimate of drug-likeness (QED) is 0.681. The Morgan fingerprint density at radius 3 is 2.53 bits per heavy atom. The Bertz CT molecular complexity index is 461. The normalized spacial score (nSPS) is 13.2. The fourth-order valence-corrected chi connectivity index (χ4v) is 1.40. The van der Waals surface area contributed by atoms with Crippen LogP contribution in [0.2, 0.25) is 0 Å². The van der Waals surface area contributed by atoms with Gasteiger partial charge in [0.25, 0.3) is 0 Å². The van der Waals surface area contributed by atoms with Crippen LogP contribution in [0.1, 0.15) is 11.6 Å². The van der Waals surface area contributed by atoms with Crippen LogP contribution in [0.15, 0.2) is 18.2 Å². The number of benzene rings is 1. The first-order valence-corrected chi connectivity index (χ1v) is 5.08. The Hall–Kier alpha value is -1.70. The van der Waals surface area contributed by atoms with Crippen molar-refractivity contribution in [3.05, 3.63) is 35.4 Å². The van der Waals surface area contributed by atoms with Crippen molar-refractivity contribution in [2.45, 2.75) is 12.2 Å². The van der Waals surface area contributed by atoms with Crippen molar-refractivity contribution in [2.24, 2.45) is 0 Å². The number of carbonyl (C=O) groups excluding carboxylic acids is 1. The Kier molecular flexibility index (Phi) is 4.82. The van der Waals surface area contributed by atoms with E-state index < -0.39 is 41.9 Å². The highest BCUT2D eigenvalue weighted by atomic mass is 19.4. The number of carbonyl (C=O) groups is 1. The van der Waals surface area contributed by atoms with Crippen LogP contribution < -0.4 is 5.32 Å². The van der Waals surface area contributed by atoms with E-state index in [0.717, 1.165) is 19.2 Å². The van der Waals surface area contributed by atoms with Crippen LogP contribution >= 0.6 is 0 Å². The van der Waals surface area contributed by atoms with Crippen LogP contribution in [0.4, 0.5) is 22.0 Å². The van der Waals surface area contributed by atoms with Gasteiger partial charge in [0.15, 0.2) is 11.6 Å². The third kappa shape index (κ3) is 3.88. The molecular formula is C11H10F5NO2. The molecule has 0 saturated heterocycles. The molecular weight excluding hydrogens is 273 g/mol. The highest BCUT2D eigenvalue weighted by molar-refractivity contribution is 5.71. The number of nitrogens with one attached hydrogen (secondary N) is 1. The van der Waals surface area contributed by atoms with E-state index in [0.29, 0.717) is 6.07 Å². The molecule has 0 heterocycles. The molecule has 0 aliphatic heterocycles. The molecule has 0 saturated carbocycles. The van der Waals surface area contributed by atoms with Gasteiger partial charge in [-0.25, -0.2) is 8.78 Å². The number of hydrogen-bond acceptors (Lipinski definition) is 3. The molecule has 3 nitrogen and oxygen atoms in total. The second-order valence-corrected chi connectivity index (χ2v) is 3.57. The average molecular weight is 283 g/mol. The lowest BCUT2D eigenvalue weighted by Crippen LogP contribution is -2.38. The van der Waals surface area contributed by atoms with Crippen LogP contribution in [-0.4, -0.2) is 25.8 Å². The largest absolute Gasteiger partial charge is 0.468 e. The topological polar surface area (TPSA) is 38.3 Å². The van der Waals surface area contributed by atoms with E-state index in [-0.39, 0.29) is 0 Å². The molecule has 106 valence electrons. The van der Waals surface area contributed by atoms with Gasteiger partial charge in [0.05, 0.1) is 13.7 Å². The average Bonchev–Trinajstić information content (AvgIpc) is 2.32. The predicted octanol–water partition coefficient (Wildman–Crippen LogP) is 2.33. The molecule has 0 aliphatic carbocycles. The van der Waals surface area contributed by atoms with E-state index in [2.05, 4.69) is 4.74 Å². The smallest absolute Gasteiger partial charge is 0.408 e. The SMILES string of the molecule is COC(=O)CNC(c1cccc(F)c1F)C(F)(F)F. The Morgan fingerprint density at radius 1 is 1.37 bits per heavy atom. The number of rotatable bonds is 4. The minimum absolute atomic E-state index is 0.701. The highest BCUT2D eigenvalue weighted by Crippen LogP contribution is 2.34. The Labute approximate surface area is 105 Å². The summed E-state index contributed by atoms with van der Waals surface area (Å²) in [5.41, 5.74) is -0.920.